The van der Waals surface area contributed by atoms with E-state index >= 15 is 0 Å². The molecule has 0 unspecified atom stereocenters. The lowest BCUT2D eigenvalue weighted by Gasteiger charge is -2.25. The molecule has 3 rings (SSSR count). The lowest BCUT2D eigenvalue weighted by Crippen LogP contribution is -2.25. The molecule has 2 aromatic rings. The predicted octanol–water partition coefficient (Wildman–Crippen LogP) is 2.96. The highest BCUT2D eigenvalue weighted by Crippen LogP contribution is 2.27. The highest BCUT2D eigenvalue weighted by atomic mass is 32.1. The largest absolute Gasteiger partial charge is 0.481 e. The van der Waals surface area contributed by atoms with Crippen molar-refractivity contribution in [2.24, 2.45) is 5.92 Å². The van der Waals surface area contributed by atoms with Crippen molar-refractivity contribution in [3.05, 3.63) is 23.4 Å². The summed E-state index contributed by atoms with van der Waals surface area (Å²) in [5, 5.41) is 18.9. The fourth-order valence-electron chi connectivity index (χ4n) is 2.48. The first-order valence-electron chi connectivity index (χ1n) is 6.93. The van der Waals surface area contributed by atoms with E-state index in [-0.39, 0.29) is 18.6 Å². The second-order valence-corrected chi connectivity index (χ2v) is 6.05. The Kier molecular flexibility index (Phi) is 4.31. The van der Waals surface area contributed by atoms with Gasteiger partial charge in [-0.3, -0.25) is 4.79 Å². The summed E-state index contributed by atoms with van der Waals surface area (Å²) in [6.45, 7) is 0.279. The van der Waals surface area contributed by atoms with Crippen molar-refractivity contribution >= 4 is 17.3 Å². The lowest BCUT2D eigenvalue weighted by molar-refractivity contribution is -0.144. The number of carboxylic acid groups (broad SMARTS) is 1. The first kappa shape index (κ1) is 14.2. The zero-order chi connectivity index (χ0) is 14.7. The van der Waals surface area contributed by atoms with Crippen LogP contribution in [0.1, 0.15) is 31.6 Å². The Morgan fingerprint density at radius 3 is 2.86 bits per heavy atom. The highest BCUT2D eigenvalue weighted by molar-refractivity contribution is 7.13. The maximum absolute atomic E-state index is 10.9. The molecule has 2 heterocycles. The second kappa shape index (κ2) is 6.36. The van der Waals surface area contributed by atoms with Crippen molar-refractivity contribution in [2.75, 3.05) is 0 Å². The van der Waals surface area contributed by atoms with Crippen LogP contribution in [0.2, 0.25) is 0 Å². The molecule has 1 fully saturated rings. The Bertz CT molecular complexity index is 588. The molecule has 21 heavy (non-hydrogen) atoms. The number of aliphatic carboxylic acids is 1. The van der Waals surface area contributed by atoms with Crippen LogP contribution < -0.4 is 0 Å². The van der Waals surface area contributed by atoms with E-state index in [1.165, 1.54) is 0 Å². The van der Waals surface area contributed by atoms with Crippen molar-refractivity contribution in [3.63, 3.8) is 0 Å². The molecule has 0 aliphatic heterocycles. The van der Waals surface area contributed by atoms with Crippen molar-refractivity contribution in [1.29, 1.82) is 0 Å². The van der Waals surface area contributed by atoms with Crippen LogP contribution in [0, 0.1) is 5.92 Å². The van der Waals surface area contributed by atoms with E-state index in [1.807, 2.05) is 17.5 Å². The minimum Gasteiger partial charge on any atom is -0.481 e. The average molecular weight is 308 g/mol. The van der Waals surface area contributed by atoms with E-state index in [9.17, 15) is 4.79 Å². The van der Waals surface area contributed by atoms with Crippen molar-refractivity contribution in [1.82, 2.24) is 10.2 Å². The van der Waals surface area contributed by atoms with Crippen LogP contribution in [0.5, 0.6) is 0 Å². The van der Waals surface area contributed by atoms with Gasteiger partial charge in [0.15, 0.2) is 0 Å². The van der Waals surface area contributed by atoms with Gasteiger partial charge in [0, 0.05) is 0 Å². The van der Waals surface area contributed by atoms with Crippen LogP contribution in [0.4, 0.5) is 0 Å². The van der Waals surface area contributed by atoms with Gasteiger partial charge < -0.3 is 14.3 Å². The topological polar surface area (TPSA) is 85.5 Å². The van der Waals surface area contributed by atoms with Crippen molar-refractivity contribution < 1.29 is 19.1 Å². The van der Waals surface area contributed by atoms with E-state index < -0.39 is 5.97 Å². The van der Waals surface area contributed by atoms with Gasteiger partial charge in [-0.15, -0.1) is 21.5 Å². The van der Waals surface area contributed by atoms with E-state index in [2.05, 4.69) is 10.2 Å². The quantitative estimate of drug-likeness (QED) is 0.914. The molecule has 2 aromatic heterocycles. The number of rotatable bonds is 5. The smallest absolute Gasteiger partial charge is 0.306 e. The Morgan fingerprint density at radius 2 is 2.19 bits per heavy atom. The summed E-state index contributed by atoms with van der Waals surface area (Å²) in [4.78, 5) is 11.8. The van der Waals surface area contributed by atoms with Gasteiger partial charge in [-0.2, -0.15) is 0 Å². The number of carboxylic acids is 1. The van der Waals surface area contributed by atoms with Crippen LogP contribution >= 0.6 is 11.3 Å². The molecular formula is C14H16N2O4S. The summed E-state index contributed by atoms with van der Waals surface area (Å²) >= 11 is 1.55. The number of nitrogens with zero attached hydrogens (tertiary/aromatic N) is 2. The molecule has 1 aliphatic carbocycles. The normalized spacial score (nSPS) is 22.3. The van der Waals surface area contributed by atoms with E-state index in [4.69, 9.17) is 14.3 Å². The van der Waals surface area contributed by atoms with Gasteiger partial charge in [0.05, 0.1) is 16.9 Å². The fourth-order valence-corrected chi connectivity index (χ4v) is 3.12. The SMILES string of the molecule is O=C(O)C1CCC(OCc2nnc(-c3cccs3)o2)CC1. The molecule has 0 saturated heterocycles. The van der Waals surface area contributed by atoms with E-state index in [0.717, 1.165) is 17.7 Å². The summed E-state index contributed by atoms with van der Waals surface area (Å²) in [5.74, 6) is 0.0431. The third kappa shape index (κ3) is 3.48. The molecule has 0 aromatic carbocycles. The Balaban J connectivity index is 1.49. The monoisotopic (exact) mass is 308 g/mol. The zero-order valence-electron chi connectivity index (χ0n) is 11.4. The fraction of sp³-hybridized carbons (Fsp3) is 0.500. The van der Waals surface area contributed by atoms with Gasteiger partial charge in [-0.05, 0) is 37.1 Å². The molecular weight excluding hydrogens is 292 g/mol. The molecule has 0 radical (unpaired) electrons. The summed E-state index contributed by atoms with van der Waals surface area (Å²) < 4.78 is 11.3. The molecule has 0 bridgehead atoms. The third-order valence-corrected chi connectivity index (χ3v) is 4.52. The predicted molar refractivity (Wildman–Crippen MR) is 75.8 cm³/mol. The maximum atomic E-state index is 10.9. The Hall–Kier alpha value is -1.73. The molecule has 112 valence electrons. The summed E-state index contributed by atoms with van der Waals surface area (Å²) in [5.41, 5.74) is 0. The van der Waals surface area contributed by atoms with Crippen LogP contribution in [-0.4, -0.2) is 27.4 Å². The number of carbonyl (C=O) groups is 1. The van der Waals surface area contributed by atoms with Crippen molar-refractivity contribution in [3.8, 4) is 10.8 Å². The van der Waals surface area contributed by atoms with Crippen LogP contribution in [0.3, 0.4) is 0 Å². The Labute approximate surface area is 125 Å². The standard InChI is InChI=1S/C14H16N2O4S/c17-14(18)9-3-5-10(6-4-9)19-8-12-15-16-13(20-12)11-2-1-7-21-11/h1-2,7,9-10H,3-6,8H2,(H,17,18). The van der Waals surface area contributed by atoms with Gasteiger partial charge in [0.2, 0.25) is 5.89 Å². The van der Waals surface area contributed by atoms with Crippen LogP contribution in [-0.2, 0) is 16.1 Å². The van der Waals surface area contributed by atoms with Crippen LogP contribution in [0.25, 0.3) is 10.8 Å². The minimum absolute atomic E-state index is 0.0812. The summed E-state index contributed by atoms with van der Waals surface area (Å²) in [6.07, 6.45) is 2.96. The maximum Gasteiger partial charge on any atom is 0.306 e. The molecule has 0 spiro atoms. The number of hydrogen-bond acceptors (Lipinski definition) is 6. The summed E-state index contributed by atoms with van der Waals surface area (Å²) in [7, 11) is 0. The highest BCUT2D eigenvalue weighted by Gasteiger charge is 2.26. The first-order valence-corrected chi connectivity index (χ1v) is 7.81. The van der Waals surface area contributed by atoms with Gasteiger partial charge in [-0.25, -0.2) is 0 Å². The average Bonchev–Trinajstić information content (AvgIpc) is 3.16. The van der Waals surface area contributed by atoms with E-state index in [0.29, 0.717) is 24.6 Å². The number of thiophene rings is 1. The molecule has 1 aliphatic rings. The molecule has 1 N–H and O–H groups in total. The second-order valence-electron chi connectivity index (χ2n) is 5.10. The lowest BCUT2D eigenvalue weighted by atomic mass is 9.87. The molecule has 6 nitrogen and oxygen atoms in total. The van der Waals surface area contributed by atoms with Gasteiger partial charge >= 0.3 is 5.97 Å². The number of aromatic nitrogens is 2. The molecule has 0 atom stereocenters. The Morgan fingerprint density at radius 1 is 1.38 bits per heavy atom. The van der Waals surface area contributed by atoms with Gasteiger partial charge in [-0.1, -0.05) is 6.07 Å². The number of hydrogen-bond donors (Lipinski definition) is 1. The van der Waals surface area contributed by atoms with Crippen molar-refractivity contribution in [2.45, 2.75) is 38.4 Å². The minimum atomic E-state index is -0.703. The first-order chi connectivity index (χ1) is 10.2. The summed E-state index contributed by atoms with van der Waals surface area (Å²) in [6, 6.07) is 3.86. The molecule has 1 saturated carbocycles. The molecule has 0 amide bonds. The van der Waals surface area contributed by atoms with E-state index in [1.54, 1.807) is 11.3 Å². The number of ether oxygens (including phenoxy) is 1. The third-order valence-electron chi connectivity index (χ3n) is 3.66. The van der Waals surface area contributed by atoms with Crippen LogP contribution in [0.15, 0.2) is 21.9 Å². The van der Waals surface area contributed by atoms with Gasteiger partial charge in [0.25, 0.3) is 5.89 Å². The zero-order valence-corrected chi connectivity index (χ0v) is 12.2. The van der Waals surface area contributed by atoms with Gasteiger partial charge in [0.1, 0.15) is 6.61 Å². The molecule has 7 heteroatoms.